The number of nitrogens with two attached hydrogens (primary N) is 1. The predicted molar refractivity (Wildman–Crippen MR) is 25.2 cm³/mol. The molecule has 0 aliphatic heterocycles. The van der Waals surface area contributed by atoms with Crippen LogP contribution in [0.4, 0.5) is 0 Å². The molecule has 36 valence electrons. The summed E-state index contributed by atoms with van der Waals surface area (Å²) >= 11 is 4.98. The molecule has 3 N–H and O–H groups in total. The van der Waals surface area contributed by atoms with E-state index in [0.29, 0.717) is 0 Å². The summed E-state index contributed by atoms with van der Waals surface area (Å²) in [5, 5.41) is 8.16. The van der Waals surface area contributed by atoms with Crippen LogP contribution < -0.4 is 5.73 Å². The third-order valence-corrected chi connectivity index (χ3v) is 0.415. The Labute approximate surface area is 41.2 Å². The molecule has 0 aromatic rings. The quantitative estimate of drug-likeness (QED) is 0.464. The van der Waals surface area contributed by atoms with Gasteiger partial charge >= 0.3 is 0 Å². The molecule has 0 bridgehead atoms. The Hall–Kier alpha value is -0.0500. The van der Waals surface area contributed by atoms with Gasteiger partial charge < -0.3 is 10.8 Å². The average Bonchev–Trinajstić information content (AvgIpc) is 1.35. The van der Waals surface area contributed by atoms with E-state index < -0.39 is 6.23 Å². The minimum absolute atomic E-state index is 0.914. The van der Waals surface area contributed by atoms with Gasteiger partial charge in [-0.05, 0) is 6.08 Å². The smallest absolute Gasteiger partial charge is 0.122 e. The highest BCUT2D eigenvalue weighted by molar-refractivity contribution is 6.25. The molecule has 0 saturated heterocycles. The van der Waals surface area contributed by atoms with Crippen molar-refractivity contribution in [3.05, 3.63) is 11.6 Å². The lowest BCUT2D eigenvalue weighted by atomic mass is 10.6. The standard InChI is InChI=1S/C3H6ClNO/c4-2-1-3(5)6/h1-3,6H,5H2. The molecule has 0 spiro atoms. The van der Waals surface area contributed by atoms with E-state index in [0.717, 1.165) is 0 Å². The first-order valence-corrected chi connectivity index (χ1v) is 1.91. The minimum Gasteiger partial charge on any atom is -0.375 e. The summed E-state index contributed by atoms with van der Waals surface area (Å²) in [5.41, 5.74) is 5.96. The fourth-order valence-corrected chi connectivity index (χ4v) is 0.224. The molecule has 0 aromatic carbocycles. The third-order valence-electron chi connectivity index (χ3n) is 0.270. The van der Waals surface area contributed by atoms with Gasteiger partial charge in [-0.3, -0.25) is 0 Å². The van der Waals surface area contributed by atoms with Crippen LogP contribution in [0.2, 0.25) is 0 Å². The maximum Gasteiger partial charge on any atom is 0.122 e. The second-order valence-electron chi connectivity index (χ2n) is 0.809. The van der Waals surface area contributed by atoms with E-state index in [9.17, 15) is 0 Å². The Kier molecular flexibility index (Phi) is 3.13. The van der Waals surface area contributed by atoms with Crippen LogP contribution in [0.1, 0.15) is 0 Å². The molecule has 0 saturated carbocycles. The number of rotatable bonds is 1. The zero-order chi connectivity index (χ0) is 4.99. The zero-order valence-corrected chi connectivity index (χ0v) is 3.89. The molecule has 0 heterocycles. The normalized spacial score (nSPS) is 15.8. The van der Waals surface area contributed by atoms with Crippen molar-refractivity contribution in [1.29, 1.82) is 0 Å². The molecule has 0 aromatic heterocycles. The van der Waals surface area contributed by atoms with Crippen molar-refractivity contribution in [3.8, 4) is 0 Å². The SMILES string of the molecule is NC(O)C=CCl. The van der Waals surface area contributed by atoms with Gasteiger partial charge in [0.1, 0.15) is 6.23 Å². The van der Waals surface area contributed by atoms with Crippen LogP contribution in [0.15, 0.2) is 11.6 Å². The molecule has 0 aliphatic carbocycles. The Morgan fingerprint density at radius 3 is 2.33 bits per heavy atom. The molecule has 6 heavy (non-hydrogen) atoms. The maximum atomic E-state index is 8.16. The van der Waals surface area contributed by atoms with E-state index in [-0.39, 0.29) is 0 Å². The number of hydrogen-bond acceptors (Lipinski definition) is 2. The Morgan fingerprint density at radius 1 is 1.83 bits per heavy atom. The minimum atomic E-state index is -0.914. The molecule has 0 fully saturated rings. The Balaban J connectivity index is 3.03. The van der Waals surface area contributed by atoms with Crippen molar-refractivity contribution < 1.29 is 5.11 Å². The van der Waals surface area contributed by atoms with Gasteiger partial charge in [0.15, 0.2) is 0 Å². The fourth-order valence-electron chi connectivity index (χ4n) is 0.0745. The van der Waals surface area contributed by atoms with Crippen LogP contribution in [-0.2, 0) is 0 Å². The van der Waals surface area contributed by atoms with Crippen LogP contribution in [0.5, 0.6) is 0 Å². The largest absolute Gasteiger partial charge is 0.375 e. The van der Waals surface area contributed by atoms with E-state index in [1.807, 2.05) is 0 Å². The van der Waals surface area contributed by atoms with E-state index in [1.54, 1.807) is 0 Å². The molecular formula is C3H6ClNO. The van der Waals surface area contributed by atoms with Crippen molar-refractivity contribution in [2.24, 2.45) is 5.73 Å². The lowest BCUT2D eigenvalue weighted by molar-refractivity contribution is 0.232. The van der Waals surface area contributed by atoms with Gasteiger partial charge in [0.25, 0.3) is 0 Å². The van der Waals surface area contributed by atoms with Crippen LogP contribution in [0.25, 0.3) is 0 Å². The van der Waals surface area contributed by atoms with Gasteiger partial charge in [-0.2, -0.15) is 0 Å². The van der Waals surface area contributed by atoms with Gasteiger partial charge in [-0.15, -0.1) is 0 Å². The highest BCUT2D eigenvalue weighted by atomic mass is 35.5. The van der Waals surface area contributed by atoms with Crippen LogP contribution in [0, 0.1) is 0 Å². The topological polar surface area (TPSA) is 46.2 Å². The summed E-state index contributed by atoms with van der Waals surface area (Å²) in [6, 6.07) is 0. The Morgan fingerprint density at radius 2 is 2.33 bits per heavy atom. The summed E-state index contributed by atoms with van der Waals surface area (Å²) < 4.78 is 0. The molecule has 3 heteroatoms. The molecule has 0 aliphatic rings. The van der Waals surface area contributed by atoms with E-state index >= 15 is 0 Å². The summed E-state index contributed by atoms with van der Waals surface area (Å²) in [7, 11) is 0. The Bertz CT molecular complexity index is 52.8. The number of hydrogen-bond donors (Lipinski definition) is 2. The van der Waals surface area contributed by atoms with E-state index in [4.69, 9.17) is 22.4 Å². The number of aliphatic hydroxyl groups is 1. The fraction of sp³-hybridized carbons (Fsp3) is 0.333. The lowest BCUT2D eigenvalue weighted by Crippen LogP contribution is -2.13. The van der Waals surface area contributed by atoms with Crippen molar-refractivity contribution in [2.75, 3.05) is 0 Å². The molecule has 0 rings (SSSR count). The first kappa shape index (κ1) is 5.95. The number of aliphatic hydroxyl groups excluding tert-OH is 1. The van der Waals surface area contributed by atoms with Crippen molar-refractivity contribution in [2.45, 2.75) is 6.23 Å². The zero-order valence-electron chi connectivity index (χ0n) is 3.13. The molecule has 2 nitrogen and oxygen atoms in total. The highest BCUT2D eigenvalue weighted by Crippen LogP contribution is 1.77. The molecule has 0 radical (unpaired) electrons. The van der Waals surface area contributed by atoms with Gasteiger partial charge in [-0.25, -0.2) is 0 Å². The second-order valence-corrected chi connectivity index (χ2v) is 1.06. The third kappa shape index (κ3) is 3.95. The average molecular weight is 108 g/mol. The van der Waals surface area contributed by atoms with Gasteiger partial charge in [0.05, 0.1) is 0 Å². The van der Waals surface area contributed by atoms with Crippen molar-refractivity contribution in [3.63, 3.8) is 0 Å². The summed E-state index contributed by atoms with van der Waals surface area (Å²) in [6.07, 6.45) is 0.351. The van der Waals surface area contributed by atoms with Gasteiger partial charge in [-0.1, -0.05) is 11.6 Å². The molecule has 1 atom stereocenters. The molecule has 1 unspecified atom stereocenters. The number of halogens is 1. The summed E-state index contributed by atoms with van der Waals surface area (Å²) in [5.74, 6) is 0. The second kappa shape index (κ2) is 3.15. The summed E-state index contributed by atoms with van der Waals surface area (Å²) in [6.45, 7) is 0. The van der Waals surface area contributed by atoms with Crippen LogP contribution in [-0.4, -0.2) is 11.3 Å². The molecule has 0 amide bonds. The first-order valence-electron chi connectivity index (χ1n) is 1.48. The van der Waals surface area contributed by atoms with Crippen molar-refractivity contribution in [1.82, 2.24) is 0 Å². The van der Waals surface area contributed by atoms with E-state index in [1.165, 1.54) is 11.6 Å². The van der Waals surface area contributed by atoms with Crippen LogP contribution >= 0.6 is 11.6 Å². The maximum absolute atomic E-state index is 8.16. The highest BCUT2D eigenvalue weighted by Gasteiger charge is 1.78. The summed E-state index contributed by atoms with van der Waals surface area (Å²) in [4.78, 5) is 0. The predicted octanol–water partition coefficient (Wildman–Crippen LogP) is 0.0160. The lowest BCUT2D eigenvalue weighted by Gasteiger charge is -1.87. The van der Waals surface area contributed by atoms with Gasteiger partial charge in [0.2, 0.25) is 0 Å². The first-order chi connectivity index (χ1) is 2.77. The van der Waals surface area contributed by atoms with Crippen LogP contribution in [0.3, 0.4) is 0 Å². The molecular weight excluding hydrogens is 101 g/mol. The monoisotopic (exact) mass is 107 g/mol. The van der Waals surface area contributed by atoms with E-state index in [2.05, 4.69) is 0 Å². The van der Waals surface area contributed by atoms with Gasteiger partial charge in [0, 0.05) is 5.54 Å². The van der Waals surface area contributed by atoms with Crippen molar-refractivity contribution >= 4 is 11.6 Å².